The molecule has 4 aliphatic carbocycles. The third-order valence-electron chi connectivity index (χ3n) is 9.87. The molecule has 1 N–H and O–H groups in total. The fraction of sp³-hybridized carbons (Fsp3) is 0.0233. The lowest BCUT2D eigenvalue weighted by Crippen LogP contribution is -2.33. The molecule has 1 heterocycles. The normalized spacial score (nSPS) is 18.9. The zero-order chi connectivity index (χ0) is 29.5. The van der Waals surface area contributed by atoms with Crippen molar-refractivity contribution < 1.29 is 4.42 Å². The van der Waals surface area contributed by atoms with Gasteiger partial charge in [0.1, 0.15) is 11.2 Å². The molecule has 5 aromatic carbocycles. The Morgan fingerprint density at radius 1 is 0.511 bits per heavy atom. The van der Waals surface area contributed by atoms with E-state index in [1.54, 1.807) is 0 Å². The van der Waals surface area contributed by atoms with E-state index in [-0.39, 0.29) is 0 Å². The second-order valence-corrected chi connectivity index (χ2v) is 12.1. The average molecular weight is 574 g/mol. The van der Waals surface area contributed by atoms with Crippen molar-refractivity contribution in [1.82, 2.24) is 0 Å². The Morgan fingerprint density at radius 3 is 1.93 bits per heavy atom. The molecule has 210 valence electrons. The molecular formula is C43H27NO. The highest BCUT2D eigenvalue weighted by Gasteiger charge is 2.48. The summed E-state index contributed by atoms with van der Waals surface area (Å²) < 4.78 is 6.28. The van der Waals surface area contributed by atoms with E-state index in [1.165, 1.54) is 44.5 Å². The Kier molecular flexibility index (Phi) is 4.95. The van der Waals surface area contributed by atoms with Crippen LogP contribution >= 0.6 is 0 Å². The van der Waals surface area contributed by atoms with Crippen LogP contribution in [0.15, 0.2) is 167 Å². The van der Waals surface area contributed by atoms with Crippen molar-refractivity contribution in [2.75, 3.05) is 5.32 Å². The van der Waals surface area contributed by atoms with Gasteiger partial charge in [-0.15, -0.1) is 0 Å². The molecule has 1 unspecified atom stereocenters. The molecule has 0 bridgehead atoms. The Labute approximate surface area is 261 Å². The summed E-state index contributed by atoms with van der Waals surface area (Å²) in [5.41, 5.74) is 16.2. The number of rotatable bonds is 3. The standard InChI is InChI=1S/C43H27NO/c1-3-13-29-27(11-1)25-36-31(29)18-10-24-43(36)37-26-28-12-2-4-14-30(28)32(37)22-23-41(43)44-38-19-7-5-15-33(38)34-17-9-21-40-42(34)35-16-6-8-20-39(35)45-40/h1-26,44H. The first-order valence-electron chi connectivity index (χ1n) is 15.5. The van der Waals surface area contributed by atoms with Crippen LogP contribution in [0.5, 0.6) is 0 Å². The highest BCUT2D eigenvalue weighted by atomic mass is 16.3. The van der Waals surface area contributed by atoms with Gasteiger partial charge in [-0.1, -0.05) is 121 Å². The molecule has 0 aliphatic heterocycles. The first-order chi connectivity index (χ1) is 22.3. The first-order valence-corrected chi connectivity index (χ1v) is 15.5. The zero-order valence-electron chi connectivity index (χ0n) is 24.4. The number of hydrogen-bond acceptors (Lipinski definition) is 2. The lowest BCUT2D eigenvalue weighted by atomic mass is 9.63. The molecule has 0 saturated carbocycles. The van der Waals surface area contributed by atoms with Crippen LogP contribution in [0.2, 0.25) is 0 Å². The summed E-state index contributed by atoms with van der Waals surface area (Å²) in [5.74, 6) is 0. The van der Waals surface area contributed by atoms with Crippen molar-refractivity contribution in [1.29, 1.82) is 0 Å². The average Bonchev–Trinajstić information content (AvgIpc) is 3.79. The minimum absolute atomic E-state index is 0.479. The molecule has 0 radical (unpaired) electrons. The molecule has 1 aromatic heterocycles. The number of nitrogens with one attached hydrogen (secondary N) is 1. The molecule has 45 heavy (non-hydrogen) atoms. The van der Waals surface area contributed by atoms with Gasteiger partial charge in [-0.3, -0.25) is 0 Å². The fourth-order valence-corrected chi connectivity index (χ4v) is 7.91. The summed E-state index contributed by atoms with van der Waals surface area (Å²) in [5, 5.41) is 6.29. The Balaban J connectivity index is 1.18. The smallest absolute Gasteiger partial charge is 0.136 e. The number of fused-ring (bicyclic) bond motifs is 11. The van der Waals surface area contributed by atoms with Crippen LogP contribution in [0.4, 0.5) is 5.69 Å². The summed E-state index contributed by atoms with van der Waals surface area (Å²) in [6.45, 7) is 0. The van der Waals surface area contributed by atoms with Crippen LogP contribution in [0, 0.1) is 5.41 Å². The molecule has 10 rings (SSSR count). The maximum atomic E-state index is 6.28. The largest absolute Gasteiger partial charge is 0.456 e. The van der Waals surface area contributed by atoms with Crippen LogP contribution in [-0.4, -0.2) is 0 Å². The monoisotopic (exact) mass is 573 g/mol. The van der Waals surface area contributed by atoms with E-state index in [1.807, 2.05) is 12.1 Å². The van der Waals surface area contributed by atoms with Gasteiger partial charge in [-0.2, -0.15) is 0 Å². The van der Waals surface area contributed by atoms with Gasteiger partial charge in [0.15, 0.2) is 0 Å². The summed E-state index contributed by atoms with van der Waals surface area (Å²) in [6.07, 6.45) is 16.3. The highest BCUT2D eigenvalue weighted by molar-refractivity contribution is 6.13. The summed E-state index contributed by atoms with van der Waals surface area (Å²) >= 11 is 0. The lowest BCUT2D eigenvalue weighted by Gasteiger charge is -2.42. The van der Waals surface area contributed by atoms with Gasteiger partial charge in [-0.25, -0.2) is 0 Å². The van der Waals surface area contributed by atoms with Crippen molar-refractivity contribution in [2.24, 2.45) is 5.41 Å². The Bertz CT molecular complexity index is 2430. The molecule has 4 aliphatic rings. The third-order valence-corrected chi connectivity index (χ3v) is 9.87. The van der Waals surface area contributed by atoms with E-state index in [0.29, 0.717) is 0 Å². The molecule has 0 saturated heterocycles. The maximum Gasteiger partial charge on any atom is 0.136 e. The third kappa shape index (κ3) is 3.34. The maximum absolute atomic E-state index is 6.28. The van der Waals surface area contributed by atoms with Gasteiger partial charge in [0.05, 0.1) is 5.41 Å². The van der Waals surface area contributed by atoms with Crippen LogP contribution in [-0.2, 0) is 0 Å². The van der Waals surface area contributed by atoms with Crippen LogP contribution < -0.4 is 5.32 Å². The van der Waals surface area contributed by atoms with Crippen LogP contribution in [0.3, 0.4) is 0 Å². The first kappa shape index (κ1) is 24.6. The second-order valence-electron chi connectivity index (χ2n) is 12.1. The van der Waals surface area contributed by atoms with E-state index >= 15 is 0 Å². The molecule has 1 atom stereocenters. The predicted molar refractivity (Wildman–Crippen MR) is 187 cm³/mol. The Morgan fingerprint density at radius 2 is 1.13 bits per heavy atom. The number of anilines is 1. The van der Waals surface area contributed by atoms with Gasteiger partial charge in [0.25, 0.3) is 0 Å². The van der Waals surface area contributed by atoms with Crippen molar-refractivity contribution in [3.8, 4) is 11.1 Å². The van der Waals surface area contributed by atoms with Crippen molar-refractivity contribution in [2.45, 2.75) is 0 Å². The van der Waals surface area contributed by atoms with E-state index in [2.05, 4.69) is 151 Å². The van der Waals surface area contributed by atoms with Crippen LogP contribution in [0.1, 0.15) is 22.3 Å². The summed E-state index contributed by atoms with van der Waals surface area (Å²) in [6, 6.07) is 40.8. The van der Waals surface area contributed by atoms with Crippen LogP contribution in [0.25, 0.3) is 56.4 Å². The van der Waals surface area contributed by atoms with Crippen molar-refractivity contribution >= 4 is 50.9 Å². The molecule has 1 spiro atoms. The fourth-order valence-electron chi connectivity index (χ4n) is 7.91. The van der Waals surface area contributed by atoms with E-state index in [0.717, 1.165) is 44.4 Å². The predicted octanol–water partition coefficient (Wildman–Crippen LogP) is 11.1. The number of allylic oxidation sites excluding steroid dienone is 7. The number of benzene rings is 5. The van der Waals surface area contributed by atoms with E-state index in [9.17, 15) is 0 Å². The molecule has 0 fully saturated rings. The molecular weight excluding hydrogens is 546 g/mol. The van der Waals surface area contributed by atoms with E-state index in [4.69, 9.17) is 4.42 Å². The SMILES string of the molecule is C1=CC2(C(Nc3ccccc3-c3cccc4oc5ccccc5c34)=CC=C3C2=Cc2ccccc23)C2=Cc3ccccc3C2=C1. The number of furan rings is 1. The molecule has 6 aromatic rings. The van der Waals surface area contributed by atoms with Gasteiger partial charge in [-0.05, 0) is 86.5 Å². The number of hydrogen-bond donors (Lipinski definition) is 1. The lowest BCUT2D eigenvalue weighted by molar-refractivity contribution is 0.669. The Hall–Kier alpha value is -5.86. The van der Waals surface area contributed by atoms with Crippen molar-refractivity contribution in [3.63, 3.8) is 0 Å². The van der Waals surface area contributed by atoms with E-state index < -0.39 is 5.41 Å². The van der Waals surface area contributed by atoms with Gasteiger partial charge >= 0.3 is 0 Å². The molecule has 2 heteroatoms. The van der Waals surface area contributed by atoms with Crippen molar-refractivity contribution in [3.05, 3.63) is 185 Å². The minimum atomic E-state index is -0.479. The highest BCUT2D eigenvalue weighted by Crippen LogP contribution is 2.61. The quantitative estimate of drug-likeness (QED) is 0.228. The summed E-state index contributed by atoms with van der Waals surface area (Å²) in [7, 11) is 0. The topological polar surface area (TPSA) is 25.2 Å². The van der Waals surface area contributed by atoms with Gasteiger partial charge in [0, 0.05) is 27.7 Å². The minimum Gasteiger partial charge on any atom is -0.456 e. The summed E-state index contributed by atoms with van der Waals surface area (Å²) in [4.78, 5) is 0. The van der Waals surface area contributed by atoms with Gasteiger partial charge < -0.3 is 9.73 Å². The zero-order valence-corrected chi connectivity index (χ0v) is 24.4. The molecule has 2 nitrogen and oxygen atoms in total. The molecule has 0 amide bonds. The number of para-hydroxylation sites is 2. The second kappa shape index (κ2) is 9.07. The van der Waals surface area contributed by atoms with Gasteiger partial charge in [0.2, 0.25) is 0 Å².